The summed E-state index contributed by atoms with van der Waals surface area (Å²) < 4.78 is 38.3. The lowest BCUT2D eigenvalue weighted by molar-refractivity contribution is -0.385. The minimum atomic E-state index is -4.45. The van der Waals surface area contributed by atoms with Gasteiger partial charge < -0.3 is 0 Å². The second-order valence-electron chi connectivity index (χ2n) is 3.94. The third-order valence-electron chi connectivity index (χ3n) is 2.60. The first kappa shape index (κ1) is 14.3. The average molecular weight is 306 g/mol. The molecule has 0 amide bonds. The third-order valence-corrected chi connectivity index (χ3v) is 2.93. The number of rotatable bonds is 2. The van der Waals surface area contributed by atoms with E-state index in [2.05, 4.69) is 5.10 Å². The molecular formula is C11H7ClF3N3O2. The maximum atomic E-state index is 12.4. The third kappa shape index (κ3) is 2.46. The van der Waals surface area contributed by atoms with Crippen molar-refractivity contribution < 1.29 is 18.1 Å². The molecule has 5 nitrogen and oxygen atoms in total. The highest BCUT2D eigenvalue weighted by Crippen LogP contribution is 2.32. The van der Waals surface area contributed by atoms with Crippen LogP contribution in [0.2, 0.25) is 5.15 Å². The SMILES string of the molecule is Cc1nn(-c2ccc(C(F)(F)F)cc2)c(Cl)c1[N+](=O)[O-]. The molecule has 0 aliphatic rings. The van der Waals surface area contributed by atoms with Crippen molar-refractivity contribution in [3.8, 4) is 5.69 Å². The number of nitro groups is 1. The van der Waals surface area contributed by atoms with E-state index in [1.54, 1.807) is 0 Å². The highest BCUT2D eigenvalue weighted by atomic mass is 35.5. The Balaban J connectivity index is 2.48. The van der Waals surface area contributed by atoms with E-state index in [9.17, 15) is 23.3 Å². The van der Waals surface area contributed by atoms with Crippen molar-refractivity contribution in [2.24, 2.45) is 0 Å². The molecule has 0 unspecified atom stereocenters. The van der Waals surface area contributed by atoms with E-state index < -0.39 is 16.7 Å². The quantitative estimate of drug-likeness (QED) is 0.627. The van der Waals surface area contributed by atoms with Crippen LogP contribution in [0.3, 0.4) is 0 Å². The van der Waals surface area contributed by atoms with Crippen molar-refractivity contribution in [1.82, 2.24) is 9.78 Å². The lowest BCUT2D eigenvalue weighted by atomic mass is 10.2. The van der Waals surface area contributed by atoms with E-state index in [1.165, 1.54) is 6.92 Å². The second kappa shape index (κ2) is 4.78. The number of aromatic nitrogens is 2. The molecule has 0 aliphatic heterocycles. The first-order chi connectivity index (χ1) is 9.21. The van der Waals surface area contributed by atoms with Gasteiger partial charge in [-0.2, -0.15) is 18.3 Å². The summed E-state index contributed by atoms with van der Waals surface area (Å²) in [7, 11) is 0. The lowest BCUT2D eigenvalue weighted by Gasteiger charge is -2.07. The molecule has 106 valence electrons. The summed E-state index contributed by atoms with van der Waals surface area (Å²) >= 11 is 5.83. The van der Waals surface area contributed by atoms with Crippen LogP contribution in [-0.4, -0.2) is 14.7 Å². The van der Waals surface area contributed by atoms with Crippen molar-refractivity contribution in [3.63, 3.8) is 0 Å². The molecule has 9 heteroatoms. The Morgan fingerprint density at radius 3 is 2.25 bits per heavy atom. The smallest absolute Gasteiger partial charge is 0.258 e. The van der Waals surface area contributed by atoms with Gasteiger partial charge in [-0.15, -0.1) is 0 Å². The van der Waals surface area contributed by atoms with Crippen LogP contribution in [0.1, 0.15) is 11.3 Å². The van der Waals surface area contributed by atoms with Crippen LogP contribution >= 0.6 is 11.6 Å². The first-order valence-electron chi connectivity index (χ1n) is 5.29. The van der Waals surface area contributed by atoms with Crippen LogP contribution < -0.4 is 0 Å². The summed E-state index contributed by atoms with van der Waals surface area (Å²) in [5, 5.41) is 14.4. The molecule has 0 aliphatic carbocycles. The van der Waals surface area contributed by atoms with Crippen LogP contribution in [0.4, 0.5) is 18.9 Å². The van der Waals surface area contributed by atoms with Crippen molar-refractivity contribution in [2.75, 3.05) is 0 Å². The molecule has 0 saturated carbocycles. The molecule has 0 radical (unpaired) electrons. The van der Waals surface area contributed by atoms with Gasteiger partial charge in [0.25, 0.3) is 0 Å². The minimum Gasteiger partial charge on any atom is -0.258 e. The van der Waals surface area contributed by atoms with Crippen LogP contribution in [0, 0.1) is 17.0 Å². The predicted molar refractivity (Wildman–Crippen MR) is 65.0 cm³/mol. The molecule has 0 bridgehead atoms. The fourth-order valence-electron chi connectivity index (χ4n) is 1.66. The molecule has 0 saturated heterocycles. The number of benzene rings is 1. The number of halogens is 4. The fraction of sp³-hybridized carbons (Fsp3) is 0.182. The van der Waals surface area contributed by atoms with Gasteiger partial charge in [0.15, 0.2) is 0 Å². The normalized spacial score (nSPS) is 11.7. The zero-order valence-corrected chi connectivity index (χ0v) is 10.7. The van der Waals surface area contributed by atoms with Gasteiger partial charge in [-0.3, -0.25) is 10.1 Å². The van der Waals surface area contributed by atoms with Gasteiger partial charge in [0.2, 0.25) is 5.15 Å². The van der Waals surface area contributed by atoms with Gasteiger partial charge >= 0.3 is 11.9 Å². The van der Waals surface area contributed by atoms with Crippen molar-refractivity contribution in [2.45, 2.75) is 13.1 Å². The molecule has 0 fully saturated rings. The Labute approximate surface area is 115 Å². The maximum absolute atomic E-state index is 12.4. The fourth-order valence-corrected chi connectivity index (χ4v) is 2.00. The van der Waals surface area contributed by atoms with E-state index >= 15 is 0 Å². The van der Waals surface area contributed by atoms with Crippen LogP contribution in [0.25, 0.3) is 5.69 Å². The van der Waals surface area contributed by atoms with E-state index in [0.717, 1.165) is 28.9 Å². The Kier molecular flexibility index (Phi) is 3.43. The number of alkyl halides is 3. The molecule has 1 heterocycles. The highest BCUT2D eigenvalue weighted by molar-refractivity contribution is 6.32. The Hall–Kier alpha value is -2.09. The monoisotopic (exact) mass is 305 g/mol. The van der Waals surface area contributed by atoms with Crippen molar-refractivity contribution in [1.29, 1.82) is 0 Å². The standard InChI is InChI=1S/C11H7ClF3N3O2/c1-6-9(18(19)20)10(12)17(16-6)8-4-2-7(3-5-8)11(13,14)15/h2-5H,1H3. The van der Waals surface area contributed by atoms with Crippen LogP contribution in [0.5, 0.6) is 0 Å². The maximum Gasteiger partial charge on any atom is 0.416 e. The summed E-state index contributed by atoms with van der Waals surface area (Å²) in [4.78, 5) is 10.1. The van der Waals surface area contributed by atoms with Gasteiger partial charge in [-0.05, 0) is 31.2 Å². The van der Waals surface area contributed by atoms with Gasteiger partial charge in [-0.1, -0.05) is 11.6 Å². The van der Waals surface area contributed by atoms with E-state index in [4.69, 9.17) is 11.6 Å². The molecular weight excluding hydrogens is 299 g/mol. The van der Waals surface area contributed by atoms with E-state index in [-0.39, 0.29) is 22.2 Å². The predicted octanol–water partition coefficient (Wildman–Crippen LogP) is 3.76. The number of hydrogen-bond acceptors (Lipinski definition) is 3. The van der Waals surface area contributed by atoms with Gasteiger partial charge in [-0.25, -0.2) is 4.68 Å². The molecule has 0 N–H and O–H groups in total. The molecule has 1 aromatic heterocycles. The second-order valence-corrected chi connectivity index (χ2v) is 4.30. The van der Waals surface area contributed by atoms with Crippen molar-refractivity contribution in [3.05, 3.63) is 50.8 Å². The van der Waals surface area contributed by atoms with E-state index in [1.807, 2.05) is 0 Å². The first-order valence-corrected chi connectivity index (χ1v) is 5.66. The Morgan fingerprint density at radius 1 is 1.30 bits per heavy atom. The molecule has 0 atom stereocenters. The summed E-state index contributed by atoms with van der Waals surface area (Å²) in [6.45, 7) is 1.39. The summed E-state index contributed by atoms with van der Waals surface area (Å²) in [5.74, 6) is 0. The lowest BCUT2D eigenvalue weighted by Crippen LogP contribution is -2.05. The molecule has 20 heavy (non-hydrogen) atoms. The molecule has 2 aromatic rings. The topological polar surface area (TPSA) is 61.0 Å². The Morgan fingerprint density at radius 2 is 1.85 bits per heavy atom. The zero-order chi connectivity index (χ0) is 15.1. The van der Waals surface area contributed by atoms with Gasteiger partial charge in [0.1, 0.15) is 5.69 Å². The largest absolute Gasteiger partial charge is 0.416 e. The van der Waals surface area contributed by atoms with Crippen LogP contribution in [0.15, 0.2) is 24.3 Å². The molecule has 2 rings (SSSR count). The summed E-state index contributed by atoms with van der Waals surface area (Å²) in [6, 6.07) is 4.00. The Bertz CT molecular complexity index is 665. The van der Waals surface area contributed by atoms with Gasteiger partial charge in [0.05, 0.1) is 16.2 Å². The van der Waals surface area contributed by atoms with Gasteiger partial charge in [0, 0.05) is 0 Å². The number of hydrogen-bond donors (Lipinski definition) is 0. The number of aryl methyl sites for hydroxylation is 1. The van der Waals surface area contributed by atoms with E-state index in [0.29, 0.717) is 0 Å². The zero-order valence-electron chi connectivity index (χ0n) is 9.98. The highest BCUT2D eigenvalue weighted by Gasteiger charge is 2.30. The number of nitrogens with zero attached hydrogens (tertiary/aromatic N) is 3. The summed E-state index contributed by atoms with van der Waals surface area (Å²) in [5.41, 5.74) is -0.901. The minimum absolute atomic E-state index is 0.0832. The molecule has 0 spiro atoms. The molecule has 1 aromatic carbocycles. The van der Waals surface area contributed by atoms with Crippen molar-refractivity contribution >= 4 is 17.3 Å². The summed E-state index contributed by atoms with van der Waals surface area (Å²) in [6.07, 6.45) is -4.45. The average Bonchev–Trinajstić information content (AvgIpc) is 2.64. The van der Waals surface area contributed by atoms with Crippen LogP contribution in [-0.2, 0) is 6.18 Å².